The van der Waals surface area contributed by atoms with Crippen LogP contribution in [0.3, 0.4) is 0 Å². The lowest BCUT2D eigenvalue weighted by atomic mass is 9.82. The SMILES string of the molecule is [2H]c1c([2H])c([2H])c2c(-c3cccc4c3C(C)C(c3cccc(-c5ccc(-c6ccccc6)s5)c3)O4)c3c([2H])c([2H])c([2H])c([2H])c3c(-c3ccccc3)c2c1[2H]. The molecule has 1 aromatic heterocycles. The molecule has 0 aliphatic carbocycles. The third-order valence-corrected chi connectivity index (χ3v) is 10.3. The van der Waals surface area contributed by atoms with Crippen LogP contribution in [0.15, 0.2) is 164 Å². The minimum absolute atomic E-state index is 0.195. The molecule has 2 heteroatoms. The summed E-state index contributed by atoms with van der Waals surface area (Å²) >= 11 is 1.72. The number of fused-ring (bicyclic) bond motifs is 3. The summed E-state index contributed by atoms with van der Waals surface area (Å²) in [7, 11) is 0. The minimum atomic E-state index is -0.423. The number of hydrogen-bond donors (Lipinski definition) is 0. The molecular weight excluding hydrogens is 589 g/mol. The fourth-order valence-corrected chi connectivity index (χ4v) is 8.00. The Morgan fingerprint density at radius 1 is 0.553 bits per heavy atom. The largest absolute Gasteiger partial charge is 0.485 e. The summed E-state index contributed by atoms with van der Waals surface area (Å²) < 4.78 is 78.9. The number of rotatable bonds is 5. The van der Waals surface area contributed by atoms with Crippen LogP contribution in [-0.4, -0.2) is 0 Å². The van der Waals surface area contributed by atoms with Gasteiger partial charge in [0.2, 0.25) is 0 Å². The van der Waals surface area contributed by atoms with Gasteiger partial charge in [0.05, 0.1) is 11.0 Å². The summed E-state index contributed by atoms with van der Waals surface area (Å²) in [6.07, 6.45) is -0.395. The first-order chi connectivity index (χ1) is 26.6. The van der Waals surface area contributed by atoms with Crippen LogP contribution in [-0.2, 0) is 0 Å². The molecular formula is C45H32OS. The summed E-state index contributed by atoms with van der Waals surface area (Å²) in [6, 6.07) is 34.7. The Morgan fingerprint density at radius 2 is 1.11 bits per heavy atom. The molecule has 1 aliphatic rings. The maximum atomic E-state index is 9.34. The van der Waals surface area contributed by atoms with Gasteiger partial charge in [-0.3, -0.25) is 0 Å². The van der Waals surface area contributed by atoms with Crippen LogP contribution in [0.5, 0.6) is 5.75 Å². The van der Waals surface area contributed by atoms with E-state index in [-0.39, 0.29) is 51.6 Å². The summed E-state index contributed by atoms with van der Waals surface area (Å²) in [5.74, 6) is 0.368. The molecule has 1 nitrogen and oxygen atoms in total. The predicted molar refractivity (Wildman–Crippen MR) is 199 cm³/mol. The van der Waals surface area contributed by atoms with Crippen LogP contribution in [0.2, 0.25) is 0 Å². The van der Waals surface area contributed by atoms with Crippen molar-refractivity contribution in [3.63, 3.8) is 0 Å². The van der Waals surface area contributed by atoms with E-state index in [0.717, 1.165) is 27.1 Å². The van der Waals surface area contributed by atoms with E-state index >= 15 is 0 Å². The van der Waals surface area contributed by atoms with E-state index in [2.05, 4.69) is 43.3 Å². The zero-order chi connectivity index (χ0) is 38.3. The molecule has 0 fully saturated rings. The van der Waals surface area contributed by atoms with Crippen molar-refractivity contribution < 1.29 is 15.7 Å². The second-order valence-electron chi connectivity index (χ2n) is 11.8. The van der Waals surface area contributed by atoms with Crippen LogP contribution in [0.4, 0.5) is 0 Å². The molecule has 224 valence electrons. The van der Waals surface area contributed by atoms with Crippen molar-refractivity contribution >= 4 is 32.9 Å². The molecule has 2 unspecified atom stereocenters. The fourth-order valence-electron chi connectivity index (χ4n) is 6.99. The third kappa shape index (κ3) is 4.68. The standard InChI is InChI=1S/C45H32OS/c1-29-42-38(44-36-22-10-8-20-34(36)43(31-16-6-3-7-17-31)35-21-9-11-23-37(35)44)24-13-25-39(42)46-45(29)33-19-12-18-32(28-33)41-27-26-40(47-41)30-14-4-2-5-15-30/h2-29,45H,1H3/i8D,9D,10D,11D,20D,21D,22D,23D. The van der Waals surface area contributed by atoms with Crippen molar-refractivity contribution in [1.29, 1.82) is 0 Å². The Kier molecular flexibility index (Phi) is 5.01. The summed E-state index contributed by atoms with van der Waals surface area (Å²) in [6.45, 7) is 2.07. The highest BCUT2D eigenvalue weighted by Crippen LogP contribution is 2.53. The van der Waals surface area contributed by atoms with Gasteiger partial charge in [-0.1, -0.05) is 146 Å². The molecule has 0 saturated carbocycles. The molecule has 0 bridgehead atoms. The third-order valence-electron chi connectivity index (χ3n) is 9.10. The highest BCUT2D eigenvalue weighted by molar-refractivity contribution is 7.18. The van der Waals surface area contributed by atoms with Gasteiger partial charge in [0.25, 0.3) is 0 Å². The number of hydrogen-bond acceptors (Lipinski definition) is 2. The Hall–Kier alpha value is -5.44. The topological polar surface area (TPSA) is 9.23 Å². The fraction of sp³-hybridized carbons (Fsp3) is 0.0667. The second-order valence-corrected chi connectivity index (χ2v) is 12.9. The Labute approximate surface area is 290 Å². The van der Waals surface area contributed by atoms with E-state index in [1.165, 1.54) is 4.88 Å². The summed E-state index contributed by atoms with van der Waals surface area (Å²) in [4.78, 5) is 2.31. The molecule has 7 aromatic carbocycles. The van der Waals surface area contributed by atoms with Crippen LogP contribution in [0.1, 0.15) is 41.0 Å². The summed E-state index contributed by atoms with van der Waals surface area (Å²) in [5, 5.41) is 0.786. The normalized spacial score (nSPS) is 17.9. The minimum Gasteiger partial charge on any atom is -0.485 e. The van der Waals surface area contributed by atoms with Gasteiger partial charge in [0.15, 0.2) is 0 Å². The van der Waals surface area contributed by atoms with Crippen LogP contribution >= 0.6 is 11.3 Å². The number of benzene rings is 7. The van der Waals surface area contributed by atoms with Crippen molar-refractivity contribution in [2.75, 3.05) is 0 Å². The first-order valence-electron chi connectivity index (χ1n) is 19.6. The van der Waals surface area contributed by atoms with Crippen molar-refractivity contribution in [1.82, 2.24) is 0 Å². The van der Waals surface area contributed by atoms with E-state index < -0.39 is 30.3 Å². The van der Waals surface area contributed by atoms with E-state index in [4.69, 9.17) is 10.2 Å². The molecule has 2 heterocycles. The van der Waals surface area contributed by atoms with Crippen LogP contribution in [0, 0.1) is 0 Å². The van der Waals surface area contributed by atoms with Gasteiger partial charge in [-0.05, 0) is 84.8 Å². The predicted octanol–water partition coefficient (Wildman–Crippen LogP) is 13.0. The first kappa shape index (κ1) is 20.6. The zero-order valence-corrected chi connectivity index (χ0v) is 26.3. The molecule has 0 N–H and O–H groups in total. The Bertz CT molecular complexity index is 2770. The zero-order valence-electron chi connectivity index (χ0n) is 33.4. The lowest BCUT2D eigenvalue weighted by Crippen LogP contribution is -2.07. The molecule has 8 aromatic rings. The van der Waals surface area contributed by atoms with Gasteiger partial charge >= 0.3 is 0 Å². The quantitative estimate of drug-likeness (QED) is 0.172. The van der Waals surface area contributed by atoms with Crippen molar-refractivity contribution in [2.45, 2.75) is 18.9 Å². The molecule has 2 atom stereocenters. The van der Waals surface area contributed by atoms with Gasteiger partial charge in [-0.25, -0.2) is 0 Å². The molecule has 47 heavy (non-hydrogen) atoms. The van der Waals surface area contributed by atoms with E-state index in [1.54, 1.807) is 35.6 Å². The van der Waals surface area contributed by atoms with E-state index in [1.807, 2.05) is 54.6 Å². The monoisotopic (exact) mass is 628 g/mol. The average Bonchev–Trinajstić information content (AvgIpc) is 3.85. The van der Waals surface area contributed by atoms with Gasteiger partial charge in [-0.2, -0.15) is 0 Å². The van der Waals surface area contributed by atoms with Crippen molar-refractivity contribution in [3.05, 3.63) is 175 Å². The van der Waals surface area contributed by atoms with Crippen molar-refractivity contribution in [2.24, 2.45) is 0 Å². The lowest BCUT2D eigenvalue weighted by Gasteiger charge is -2.20. The molecule has 0 spiro atoms. The number of ether oxygens (including phenoxy) is 1. The van der Waals surface area contributed by atoms with E-state index in [9.17, 15) is 5.48 Å². The summed E-state index contributed by atoms with van der Waals surface area (Å²) in [5.41, 5.74) is 5.85. The lowest BCUT2D eigenvalue weighted by molar-refractivity contribution is 0.216. The van der Waals surface area contributed by atoms with Gasteiger partial charge in [-0.15, -0.1) is 11.3 Å². The molecule has 9 rings (SSSR count). The molecule has 0 radical (unpaired) electrons. The highest BCUT2D eigenvalue weighted by Gasteiger charge is 2.35. The smallest absolute Gasteiger partial charge is 0.130 e. The maximum Gasteiger partial charge on any atom is 0.130 e. The molecule has 1 aliphatic heterocycles. The van der Waals surface area contributed by atoms with Gasteiger partial charge < -0.3 is 4.74 Å². The second kappa shape index (κ2) is 11.4. The average molecular weight is 629 g/mol. The highest BCUT2D eigenvalue weighted by atomic mass is 32.1. The van der Waals surface area contributed by atoms with Gasteiger partial charge in [0, 0.05) is 21.2 Å². The van der Waals surface area contributed by atoms with Crippen LogP contribution < -0.4 is 4.74 Å². The van der Waals surface area contributed by atoms with Gasteiger partial charge in [0.1, 0.15) is 11.9 Å². The van der Waals surface area contributed by atoms with Crippen molar-refractivity contribution in [3.8, 4) is 48.9 Å². The molecule has 0 saturated heterocycles. The first-order valence-corrected chi connectivity index (χ1v) is 16.5. The molecule has 0 amide bonds. The van der Waals surface area contributed by atoms with E-state index in [0.29, 0.717) is 28.0 Å². The number of thiophene rings is 1. The Morgan fingerprint density at radius 3 is 1.77 bits per heavy atom. The maximum absolute atomic E-state index is 9.34. The Balaban J connectivity index is 1.28. The van der Waals surface area contributed by atoms with Crippen LogP contribution in [0.25, 0.3) is 64.7 Å².